The van der Waals surface area contributed by atoms with Gasteiger partial charge in [-0.15, -0.1) is 0 Å². The molecular formula is C13H12O5. The molecule has 1 atom stereocenters. The van der Waals surface area contributed by atoms with Crippen LogP contribution in [0, 0.1) is 0 Å². The predicted octanol–water partition coefficient (Wildman–Crippen LogP) is 1.58. The van der Waals surface area contributed by atoms with Gasteiger partial charge in [0, 0.05) is 0 Å². The Bertz CT molecular complexity index is 502. The first kappa shape index (κ1) is 12.3. The van der Waals surface area contributed by atoms with Gasteiger partial charge in [-0.25, -0.2) is 9.59 Å². The van der Waals surface area contributed by atoms with Gasteiger partial charge in [-0.1, -0.05) is 24.8 Å². The molecule has 94 valence electrons. The van der Waals surface area contributed by atoms with Gasteiger partial charge in [0.15, 0.2) is 0 Å². The second-order valence-electron chi connectivity index (χ2n) is 3.83. The van der Waals surface area contributed by atoms with Gasteiger partial charge in [0.2, 0.25) is 0 Å². The van der Waals surface area contributed by atoms with Crippen LogP contribution in [0.1, 0.15) is 26.3 Å². The molecule has 0 saturated carbocycles. The number of epoxide rings is 1. The average molecular weight is 248 g/mol. The van der Waals surface area contributed by atoms with Crippen LogP contribution >= 0.6 is 0 Å². The summed E-state index contributed by atoms with van der Waals surface area (Å²) in [6.45, 7) is 4.25. The van der Waals surface area contributed by atoms with E-state index in [-0.39, 0.29) is 23.8 Å². The quantitative estimate of drug-likeness (QED) is 0.632. The fourth-order valence-corrected chi connectivity index (χ4v) is 1.56. The molecule has 18 heavy (non-hydrogen) atoms. The summed E-state index contributed by atoms with van der Waals surface area (Å²) in [6.07, 6.45) is 1.34. The lowest BCUT2D eigenvalue weighted by Crippen LogP contribution is -2.15. The molecule has 1 unspecified atom stereocenters. The Morgan fingerprint density at radius 2 is 2.28 bits per heavy atom. The zero-order valence-electron chi connectivity index (χ0n) is 9.59. The highest BCUT2D eigenvalue weighted by Gasteiger charge is 2.26. The van der Waals surface area contributed by atoms with Crippen LogP contribution < -0.4 is 0 Å². The van der Waals surface area contributed by atoms with E-state index in [2.05, 4.69) is 6.58 Å². The number of benzene rings is 1. The molecule has 5 heteroatoms. The third-order valence-electron chi connectivity index (χ3n) is 2.55. The van der Waals surface area contributed by atoms with Gasteiger partial charge in [0.1, 0.15) is 12.7 Å². The van der Waals surface area contributed by atoms with Gasteiger partial charge >= 0.3 is 11.9 Å². The van der Waals surface area contributed by atoms with E-state index in [9.17, 15) is 9.59 Å². The van der Waals surface area contributed by atoms with Crippen molar-refractivity contribution >= 4 is 18.0 Å². The summed E-state index contributed by atoms with van der Waals surface area (Å²) in [5.74, 6) is -1.84. The van der Waals surface area contributed by atoms with Crippen LogP contribution in [-0.2, 0) is 9.47 Å². The number of esters is 1. The van der Waals surface area contributed by atoms with Crippen LogP contribution in [0.25, 0.3) is 6.08 Å². The SMILES string of the molecule is C=Cc1cccc(C(=O)OCC2CO2)c1C(=O)O. The topological polar surface area (TPSA) is 76.1 Å². The van der Waals surface area contributed by atoms with E-state index in [0.29, 0.717) is 12.2 Å². The third-order valence-corrected chi connectivity index (χ3v) is 2.55. The monoisotopic (exact) mass is 248 g/mol. The number of aromatic carboxylic acids is 1. The van der Waals surface area contributed by atoms with E-state index < -0.39 is 11.9 Å². The molecule has 1 saturated heterocycles. The largest absolute Gasteiger partial charge is 0.478 e. The van der Waals surface area contributed by atoms with Crippen molar-refractivity contribution in [3.63, 3.8) is 0 Å². The van der Waals surface area contributed by atoms with Crippen molar-refractivity contribution in [3.8, 4) is 0 Å². The summed E-state index contributed by atoms with van der Waals surface area (Å²) >= 11 is 0. The molecule has 0 aromatic heterocycles. The minimum Gasteiger partial charge on any atom is -0.478 e. The Kier molecular flexibility index (Phi) is 3.43. The highest BCUT2D eigenvalue weighted by atomic mass is 16.6. The molecule has 1 N–H and O–H groups in total. The number of ether oxygens (including phenoxy) is 2. The van der Waals surface area contributed by atoms with Gasteiger partial charge in [-0.2, -0.15) is 0 Å². The lowest BCUT2D eigenvalue weighted by Gasteiger charge is -2.08. The zero-order valence-corrected chi connectivity index (χ0v) is 9.59. The predicted molar refractivity (Wildman–Crippen MR) is 63.5 cm³/mol. The summed E-state index contributed by atoms with van der Waals surface area (Å²) in [5, 5.41) is 9.14. The first-order chi connectivity index (χ1) is 8.63. The molecule has 5 nitrogen and oxygen atoms in total. The molecule has 0 aliphatic carbocycles. The van der Waals surface area contributed by atoms with E-state index >= 15 is 0 Å². The molecule has 1 heterocycles. The molecule has 1 fully saturated rings. The van der Waals surface area contributed by atoms with Gasteiger partial charge in [0.25, 0.3) is 0 Å². The maximum absolute atomic E-state index is 11.8. The second-order valence-corrected chi connectivity index (χ2v) is 3.83. The minimum absolute atomic E-state index is 0.0283. The molecule has 1 aliphatic heterocycles. The number of carboxylic acids is 1. The Hall–Kier alpha value is -2.14. The number of carbonyl (C=O) groups excluding carboxylic acids is 1. The average Bonchev–Trinajstić information content (AvgIpc) is 3.18. The Morgan fingerprint density at radius 3 is 2.83 bits per heavy atom. The van der Waals surface area contributed by atoms with Crippen LogP contribution in [0.3, 0.4) is 0 Å². The van der Waals surface area contributed by atoms with Crippen LogP contribution in [0.15, 0.2) is 24.8 Å². The maximum atomic E-state index is 11.8. The van der Waals surface area contributed by atoms with Crippen molar-refractivity contribution in [2.24, 2.45) is 0 Å². The van der Waals surface area contributed by atoms with Gasteiger partial charge in [-0.3, -0.25) is 0 Å². The van der Waals surface area contributed by atoms with Gasteiger partial charge in [-0.05, 0) is 11.6 Å². The molecule has 1 aromatic rings. The number of carboxylic acid groups (broad SMARTS) is 1. The maximum Gasteiger partial charge on any atom is 0.339 e. The summed E-state index contributed by atoms with van der Waals surface area (Å²) in [7, 11) is 0. The highest BCUT2D eigenvalue weighted by Crippen LogP contribution is 2.18. The van der Waals surface area contributed by atoms with E-state index in [1.54, 1.807) is 12.1 Å². The summed E-state index contributed by atoms with van der Waals surface area (Å²) in [5.41, 5.74) is 0.328. The van der Waals surface area contributed by atoms with E-state index in [1.807, 2.05) is 0 Å². The normalized spacial score (nSPS) is 17.0. The number of rotatable bonds is 5. The lowest BCUT2D eigenvalue weighted by molar-refractivity contribution is 0.0467. The molecule has 0 spiro atoms. The molecule has 2 rings (SSSR count). The van der Waals surface area contributed by atoms with Crippen molar-refractivity contribution in [1.29, 1.82) is 0 Å². The summed E-state index contributed by atoms with van der Waals surface area (Å²) < 4.78 is 9.89. The first-order valence-electron chi connectivity index (χ1n) is 5.41. The number of hydrogen-bond donors (Lipinski definition) is 1. The minimum atomic E-state index is -1.18. The van der Waals surface area contributed by atoms with Gasteiger partial charge < -0.3 is 14.6 Å². The number of carbonyl (C=O) groups is 2. The molecule has 1 aliphatic rings. The Balaban J connectivity index is 2.26. The van der Waals surface area contributed by atoms with Crippen LogP contribution in [0.2, 0.25) is 0 Å². The van der Waals surface area contributed by atoms with Gasteiger partial charge in [0.05, 0.1) is 17.7 Å². The van der Waals surface area contributed by atoms with Crippen molar-refractivity contribution < 1.29 is 24.2 Å². The fraction of sp³-hybridized carbons (Fsp3) is 0.231. The van der Waals surface area contributed by atoms with E-state index in [0.717, 1.165) is 0 Å². The fourth-order valence-electron chi connectivity index (χ4n) is 1.56. The second kappa shape index (κ2) is 5.01. The van der Waals surface area contributed by atoms with E-state index in [4.69, 9.17) is 14.6 Å². The van der Waals surface area contributed by atoms with Crippen molar-refractivity contribution in [1.82, 2.24) is 0 Å². The summed E-state index contributed by atoms with van der Waals surface area (Å²) in [4.78, 5) is 23.0. The Labute approximate surface area is 104 Å². The molecular weight excluding hydrogens is 236 g/mol. The molecule has 0 bridgehead atoms. The van der Waals surface area contributed by atoms with Crippen LogP contribution in [-0.4, -0.2) is 36.4 Å². The zero-order chi connectivity index (χ0) is 13.1. The molecule has 0 amide bonds. The molecule has 1 aromatic carbocycles. The highest BCUT2D eigenvalue weighted by molar-refractivity contribution is 6.04. The first-order valence-corrected chi connectivity index (χ1v) is 5.41. The number of hydrogen-bond acceptors (Lipinski definition) is 4. The van der Waals surface area contributed by atoms with Crippen LogP contribution in [0.5, 0.6) is 0 Å². The smallest absolute Gasteiger partial charge is 0.339 e. The van der Waals surface area contributed by atoms with Crippen molar-refractivity contribution in [2.45, 2.75) is 6.10 Å². The third kappa shape index (κ3) is 2.57. The Morgan fingerprint density at radius 1 is 1.56 bits per heavy atom. The van der Waals surface area contributed by atoms with Crippen LogP contribution in [0.4, 0.5) is 0 Å². The van der Waals surface area contributed by atoms with Crippen molar-refractivity contribution in [2.75, 3.05) is 13.2 Å². The van der Waals surface area contributed by atoms with Crippen molar-refractivity contribution in [3.05, 3.63) is 41.5 Å². The molecule has 0 radical (unpaired) electrons. The van der Waals surface area contributed by atoms with E-state index in [1.165, 1.54) is 12.1 Å². The standard InChI is InChI=1S/C13H12O5/c1-2-8-4-3-5-10(11(8)12(14)15)13(16)18-7-9-6-17-9/h2-5,9H,1,6-7H2,(H,14,15). The summed E-state index contributed by atoms with van der Waals surface area (Å²) in [6, 6.07) is 4.59. The lowest BCUT2D eigenvalue weighted by atomic mass is 10.0.